The lowest BCUT2D eigenvalue weighted by molar-refractivity contribution is -0.00906. The predicted molar refractivity (Wildman–Crippen MR) is 122 cm³/mol. The van der Waals surface area contributed by atoms with Crippen LogP contribution in [0.1, 0.15) is 61.8 Å². The summed E-state index contributed by atoms with van der Waals surface area (Å²) < 4.78 is 90.4. The third-order valence-electron chi connectivity index (χ3n) is 6.54. The monoisotopic (exact) mass is 476 g/mol. The van der Waals surface area contributed by atoms with E-state index in [4.69, 9.17) is 0 Å². The van der Waals surface area contributed by atoms with Crippen LogP contribution in [0.15, 0.2) is 36.4 Å². The maximum absolute atomic E-state index is 15.5. The fourth-order valence-corrected chi connectivity index (χ4v) is 4.79. The third-order valence-corrected chi connectivity index (χ3v) is 6.54. The Bertz CT molecular complexity index is 1230. The average Bonchev–Trinajstić information content (AvgIpc) is 2.79. The highest BCUT2D eigenvalue weighted by Crippen LogP contribution is 2.49. The Morgan fingerprint density at radius 3 is 1.88 bits per heavy atom. The zero-order valence-corrected chi connectivity index (χ0v) is 19.2. The van der Waals surface area contributed by atoms with E-state index in [9.17, 15) is 13.2 Å². The van der Waals surface area contributed by atoms with Gasteiger partial charge in [0, 0.05) is 23.1 Å². The second-order valence-corrected chi connectivity index (χ2v) is 8.90. The topological polar surface area (TPSA) is 0 Å². The van der Waals surface area contributed by atoms with Gasteiger partial charge in [-0.2, -0.15) is 0 Å². The fourth-order valence-electron chi connectivity index (χ4n) is 4.79. The van der Waals surface area contributed by atoms with Crippen LogP contribution in [-0.2, 0) is 25.2 Å². The van der Waals surface area contributed by atoms with Crippen LogP contribution in [0, 0.1) is 23.3 Å². The summed E-state index contributed by atoms with van der Waals surface area (Å²) in [5, 5.41) is 0. The Balaban J connectivity index is 1.83. The van der Waals surface area contributed by atoms with E-state index in [0.717, 1.165) is 18.9 Å². The minimum atomic E-state index is -3.71. The van der Waals surface area contributed by atoms with Crippen LogP contribution >= 0.6 is 0 Å². The van der Waals surface area contributed by atoms with Crippen LogP contribution in [-0.4, -0.2) is 0 Å². The molecule has 1 aliphatic rings. The molecule has 0 atom stereocenters. The van der Waals surface area contributed by atoms with E-state index >= 15 is 13.2 Å². The van der Waals surface area contributed by atoms with Gasteiger partial charge in [-0.05, 0) is 41.5 Å². The van der Waals surface area contributed by atoms with Crippen LogP contribution in [0.2, 0.25) is 0 Å². The first-order valence-corrected chi connectivity index (χ1v) is 11.7. The van der Waals surface area contributed by atoms with Crippen LogP contribution < -0.4 is 0 Å². The molecule has 0 amide bonds. The normalized spacial score (nSPS) is 14.1. The molecule has 0 unspecified atom stereocenters. The Labute approximate surface area is 195 Å². The van der Waals surface area contributed by atoms with Gasteiger partial charge in [0.2, 0.25) is 0 Å². The zero-order chi connectivity index (χ0) is 24.6. The van der Waals surface area contributed by atoms with E-state index in [2.05, 4.69) is 0 Å². The van der Waals surface area contributed by atoms with Gasteiger partial charge in [-0.3, -0.25) is 0 Å². The summed E-state index contributed by atoms with van der Waals surface area (Å²) >= 11 is 0. The van der Waals surface area contributed by atoms with Crippen LogP contribution in [0.5, 0.6) is 0 Å². The highest BCUT2D eigenvalue weighted by Gasteiger charge is 2.44. The average molecular weight is 477 g/mol. The van der Waals surface area contributed by atoms with Gasteiger partial charge in [0.25, 0.3) is 5.92 Å². The van der Waals surface area contributed by atoms with Crippen molar-refractivity contribution in [2.45, 2.75) is 64.7 Å². The molecule has 0 bridgehead atoms. The van der Waals surface area contributed by atoms with E-state index in [1.54, 1.807) is 0 Å². The molecule has 0 saturated heterocycles. The number of hydrogen-bond donors (Lipinski definition) is 0. The van der Waals surface area contributed by atoms with Gasteiger partial charge in [0.05, 0.1) is 5.56 Å². The first kappa shape index (κ1) is 24.4. The van der Waals surface area contributed by atoms with Crippen molar-refractivity contribution in [3.63, 3.8) is 0 Å². The van der Waals surface area contributed by atoms with Gasteiger partial charge >= 0.3 is 0 Å². The lowest BCUT2D eigenvalue weighted by atomic mass is 9.80. The molecule has 0 radical (unpaired) electrons. The summed E-state index contributed by atoms with van der Waals surface area (Å²) in [6, 6.07) is 8.07. The Hall–Kier alpha value is -2.76. The van der Waals surface area contributed by atoms with Crippen molar-refractivity contribution in [3.05, 3.63) is 81.9 Å². The molecule has 3 aromatic carbocycles. The van der Waals surface area contributed by atoms with Crippen molar-refractivity contribution in [1.29, 1.82) is 0 Å². The molecule has 3 aromatic rings. The van der Waals surface area contributed by atoms with E-state index in [-0.39, 0.29) is 22.3 Å². The van der Waals surface area contributed by atoms with Crippen molar-refractivity contribution in [1.82, 2.24) is 0 Å². The Kier molecular flexibility index (Phi) is 6.79. The SMILES string of the molecule is CCCCCc1ccc(-c2ccc3c(c2F)C(F)(F)Cc2c-3ccc(CCC)c2F)c(F)c1F. The largest absolute Gasteiger partial charge is 0.280 e. The molecule has 34 heavy (non-hydrogen) atoms. The molecule has 0 spiro atoms. The molecule has 0 aliphatic heterocycles. The molecule has 6 heteroatoms. The van der Waals surface area contributed by atoms with E-state index in [0.29, 0.717) is 31.2 Å². The van der Waals surface area contributed by atoms with Crippen LogP contribution in [0.25, 0.3) is 22.3 Å². The third kappa shape index (κ3) is 4.12. The molecule has 0 N–H and O–H groups in total. The Morgan fingerprint density at radius 1 is 0.618 bits per heavy atom. The maximum atomic E-state index is 15.5. The highest BCUT2D eigenvalue weighted by atomic mass is 19.3. The Morgan fingerprint density at radius 2 is 1.21 bits per heavy atom. The first-order chi connectivity index (χ1) is 16.2. The van der Waals surface area contributed by atoms with E-state index in [1.807, 2.05) is 13.8 Å². The van der Waals surface area contributed by atoms with E-state index < -0.39 is 52.3 Å². The number of rotatable bonds is 7. The van der Waals surface area contributed by atoms with Gasteiger partial charge in [0.1, 0.15) is 11.6 Å². The number of aryl methyl sites for hydroxylation is 2. The van der Waals surface area contributed by atoms with Crippen molar-refractivity contribution in [2.24, 2.45) is 0 Å². The maximum Gasteiger partial charge on any atom is 0.280 e. The first-order valence-electron chi connectivity index (χ1n) is 11.7. The number of hydrogen-bond acceptors (Lipinski definition) is 0. The number of fused-ring (bicyclic) bond motifs is 3. The summed E-state index contributed by atoms with van der Waals surface area (Å²) in [5.41, 5.74) is -1.34. The standard InChI is InChI=1S/C28H26F6/c1-3-5-6-8-17-10-12-21(27(32)25(17)30)20-14-13-19-18-11-9-16(7-4-2)24(29)22(18)15-28(33,34)23(19)26(20)31/h9-14H,3-8,15H2,1-2H3. The van der Waals surface area contributed by atoms with Gasteiger partial charge in [-0.15, -0.1) is 0 Å². The van der Waals surface area contributed by atoms with Gasteiger partial charge in [-0.1, -0.05) is 69.5 Å². The zero-order valence-electron chi connectivity index (χ0n) is 19.2. The number of benzene rings is 3. The fraction of sp³-hybridized carbons (Fsp3) is 0.357. The molecule has 0 nitrogen and oxygen atoms in total. The number of halogens is 6. The summed E-state index contributed by atoms with van der Waals surface area (Å²) in [7, 11) is 0. The second-order valence-electron chi connectivity index (χ2n) is 8.90. The molecule has 0 aromatic heterocycles. The van der Waals surface area contributed by atoms with Gasteiger partial charge in [0.15, 0.2) is 11.6 Å². The van der Waals surface area contributed by atoms with Crippen LogP contribution in [0.4, 0.5) is 26.3 Å². The van der Waals surface area contributed by atoms with E-state index in [1.165, 1.54) is 30.3 Å². The van der Waals surface area contributed by atoms with Crippen LogP contribution in [0.3, 0.4) is 0 Å². The lowest BCUT2D eigenvalue weighted by Crippen LogP contribution is -2.26. The number of alkyl halides is 2. The molecular formula is C28H26F6. The quantitative estimate of drug-likeness (QED) is 0.236. The lowest BCUT2D eigenvalue weighted by Gasteiger charge is -2.29. The number of unbranched alkanes of at least 4 members (excludes halogenated alkanes) is 2. The molecule has 4 rings (SSSR count). The smallest absolute Gasteiger partial charge is 0.206 e. The molecule has 1 aliphatic carbocycles. The highest BCUT2D eigenvalue weighted by molar-refractivity contribution is 5.79. The van der Waals surface area contributed by atoms with Crippen molar-refractivity contribution in [3.8, 4) is 22.3 Å². The molecule has 0 saturated carbocycles. The second kappa shape index (κ2) is 9.47. The molecule has 0 fully saturated rings. The summed E-state index contributed by atoms with van der Waals surface area (Å²) in [6.07, 6.45) is 2.87. The van der Waals surface area contributed by atoms with Crippen molar-refractivity contribution < 1.29 is 26.3 Å². The molecular weight excluding hydrogens is 450 g/mol. The summed E-state index contributed by atoms with van der Waals surface area (Å²) in [6.45, 7) is 3.85. The van der Waals surface area contributed by atoms with Crippen molar-refractivity contribution in [2.75, 3.05) is 0 Å². The molecule has 0 heterocycles. The minimum Gasteiger partial charge on any atom is -0.206 e. The van der Waals surface area contributed by atoms with Crippen molar-refractivity contribution >= 4 is 0 Å². The molecule has 180 valence electrons. The predicted octanol–water partition coefficient (Wildman–Crippen LogP) is 8.91. The summed E-state index contributed by atoms with van der Waals surface area (Å²) in [5.74, 6) is -8.07. The minimum absolute atomic E-state index is 0.133. The summed E-state index contributed by atoms with van der Waals surface area (Å²) in [4.78, 5) is 0. The van der Waals surface area contributed by atoms with Gasteiger partial charge < -0.3 is 0 Å². The van der Waals surface area contributed by atoms with Gasteiger partial charge in [-0.25, -0.2) is 26.3 Å².